The molecular weight excluding hydrogens is 616 g/mol. The molecule has 12 heteroatoms. The van der Waals surface area contributed by atoms with Crippen molar-refractivity contribution >= 4 is 12.0 Å². The maximum Gasteiger partial charge on any atom is 0.141 e. The number of hydrogen-bond acceptors (Lipinski definition) is 9. The number of halogens is 2. The zero-order chi connectivity index (χ0) is 33.7. The van der Waals surface area contributed by atoms with Gasteiger partial charge in [-0.25, -0.2) is 18.4 Å². The lowest BCUT2D eigenvalue weighted by molar-refractivity contribution is -0.0432. The van der Waals surface area contributed by atoms with E-state index in [9.17, 15) is 13.9 Å². The van der Waals surface area contributed by atoms with Crippen LogP contribution < -0.4 is 9.64 Å². The van der Waals surface area contributed by atoms with E-state index in [1.807, 2.05) is 49.1 Å². The van der Waals surface area contributed by atoms with Gasteiger partial charge in [0.05, 0.1) is 26.1 Å². The third-order valence-electron chi connectivity index (χ3n) is 9.37. The molecule has 0 aliphatic carbocycles. The number of allylic oxidation sites excluding steroid dienone is 4. The Balaban J connectivity index is 1.02. The van der Waals surface area contributed by atoms with Gasteiger partial charge in [-0.05, 0) is 68.8 Å². The van der Waals surface area contributed by atoms with Crippen molar-refractivity contribution in [1.82, 2.24) is 24.6 Å². The van der Waals surface area contributed by atoms with Crippen LogP contribution >= 0.6 is 0 Å². The van der Waals surface area contributed by atoms with Gasteiger partial charge < -0.3 is 29.3 Å². The van der Waals surface area contributed by atoms with Crippen LogP contribution in [0.4, 0.5) is 14.5 Å². The molecule has 1 unspecified atom stereocenters. The predicted molar refractivity (Wildman–Crippen MR) is 180 cm³/mol. The number of aromatic nitrogens is 3. The molecule has 1 N–H and O–H groups in total. The summed E-state index contributed by atoms with van der Waals surface area (Å²) in [6.45, 7) is 12.9. The molecule has 0 spiro atoms. The molecule has 2 aromatic carbocycles. The van der Waals surface area contributed by atoms with E-state index in [1.165, 1.54) is 18.5 Å². The summed E-state index contributed by atoms with van der Waals surface area (Å²) in [4.78, 5) is 14.8. The molecule has 0 amide bonds. The van der Waals surface area contributed by atoms with Crippen LogP contribution in [-0.2, 0) is 16.9 Å². The first kappa shape index (κ1) is 33.4. The van der Waals surface area contributed by atoms with E-state index >= 15 is 0 Å². The molecule has 2 fully saturated rings. The first-order valence-corrected chi connectivity index (χ1v) is 16.3. The molecule has 48 heavy (non-hydrogen) atoms. The number of piperazine rings is 1. The van der Waals surface area contributed by atoms with E-state index < -0.39 is 23.0 Å². The Labute approximate surface area is 280 Å². The van der Waals surface area contributed by atoms with Crippen molar-refractivity contribution in [3.05, 3.63) is 109 Å². The molecule has 1 aromatic heterocycles. The fourth-order valence-electron chi connectivity index (χ4n) is 6.70. The highest BCUT2D eigenvalue weighted by Gasteiger charge is 2.44. The van der Waals surface area contributed by atoms with Gasteiger partial charge in [-0.15, -0.1) is 0 Å². The first-order chi connectivity index (χ1) is 23.2. The summed E-state index contributed by atoms with van der Waals surface area (Å²) >= 11 is 0. The van der Waals surface area contributed by atoms with E-state index in [0.29, 0.717) is 38.2 Å². The van der Waals surface area contributed by atoms with Crippen molar-refractivity contribution < 1.29 is 23.4 Å². The third kappa shape index (κ3) is 7.44. The lowest BCUT2D eigenvalue weighted by atomic mass is 9.87. The van der Waals surface area contributed by atoms with Crippen molar-refractivity contribution in [3.63, 3.8) is 0 Å². The van der Waals surface area contributed by atoms with Crippen LogP contribution in [-0.4, -0.2) is 87.7 Å². The standard InChI is InChI=1S/C36H43F2N7O3/c1-4-30(7-5-27(2)45-26-39-14-13-35(45,3)46)42-15-17-43(18-16-42)31-8-10-32(11-9-31)47-21-28-20-36(48-22-28,23-44-25-40-24-41-44)33-12-6-29(37)19-34(33)38/h4-12,19,24-26,28,46H,1,13-18,20-23H2,2-3H3/b27-5+,30-7+/t28-,35?,36+/m1/s1. The smallest absolute Gasteiger partial charge is 0.141 e. The fraction of sp³-hybridized carbons (Fsp3) is 0.417. The van der Waals surface area contributed by atoms with E-state index in [1.54, 1.807) is 17.3 Å². The first-order valence-electron chi connectivity index (χ1n) is 16.3. The molecule has 6 rings (SSSR count). The van der Waals surface area contributed by atoms with Crippen molar-refractivity contribution in [2.45, 2.75) is 44.6 Å². The summed E-state index contributed by atoms with van der Waals surface area (Å²) < 4.78 is 42.7. The molecule has 254 valence electrons. The van der Waals surface area contributed by atoms with Gasteiger partial charge in [-0.1, -0.05) is 12.6 Å². The van der Waals surface area contributed by atoms with Crippen LogP contribution in [0.25, 0.3) is 0 Å². The number of rotatable bonds is 11. The number of benzene rings is 2. The Morgan fingerprint density at radius 1 is 1.12 bits per heavy atom. The maximum atomic E-state index is 14.9. The van der Waals surface area contributed by atoms with Crippen LogP contribution in [0.1, 0.15) is 32.3 Å². The Kier molecular flexibility index (Phi) is 9.93. The molecular formula is C36H43F2N7O3. The van der Waals surface area contributed by atoms with E-state index in [0.717, 1.165) is 55.1 Å². The third-order valence-corrected chi connectivity index (χ3v) is 9.37. The average Bonchev–Trinajstić information content (AvgIpc) is 3.75. The topological polar surface area (TPSA) is 91.5 Å². The van der Waals surface area contributed by atoms with E-state index in [2.05, 4.69) is 43.6 Å². The van der Waals surface area contributed by atoms with Gasteiger partial charge in [0, 0.05) is 73.8 Å². The average molecular weight is 660 g/mol. The second-order valence-corrected chi connectivity index (χ2v) is 12.8. The summed E-state index contributed by atoms with van der Waals surface area (Å²) in [5, 5.41) is 14.9. The largest absolute Gasteiger partial charge is 0.493 e. The molecule has 0 radical (unpaired) electrons. The number of nitrogens with zero attached hydrogens (tertiary/aromatic N) is 7. The molecule has 10 nitrogen and oxygen atoms in total. The Hall–Kier alpha value is -4.55. The number of hydrogen-bond donors (Lipinski definition) is 1. The minimum atomic E-state index is -1.01. The highest BCUT2D eigenvalue weighted by molar-refractivity contribution is 5.60. The van der Waals surface area contributed by atoms with Gasteiger partial charge in [0.25, 0.3) is 0 Å². The maximum absolute atomic E-state index is 14.9. The normalized spacial score (nSPS) is 25.1. The molecule has 4 heterocycles. The number of aliphatic imine (C=N–C) groups is 1. The van der Waals surface area contributed by atoms with Crippen LogP contribution in [0.2, 0.25) is 0 Å². The van der Waals surface area contributed by atoms with Gasteiger partial charge in [0.15, 0.2) is 0 Å². The van der Waals surface area contributed by atoms with Gasteiger partial charge >= 0.3 is 0 Å². The number of aliphatic hydroxyl groups is 1. The molecule has 2 saturated heterocycles. The zero-order valence-corrected chi connectivity index (χ0v) is 27.5. The predicted octanol–water partition coefficient (Wildman–Crippen LogP) is 5.11. The Bertz CT molecular complexity index is 1650. The summed E-state index contributed by atoms with van der Waals surface area (Å²) in [5.74, 6) is -0.531. The number of anilines is 1. The monoisotopic (exact) mass is 659 g/mol. The lowest BCUT2D eigenvalue weighted by Crippen LogP contribution is -2.47. The zero-order valence-electron chi connectivity index (χ0n) is 27.5. The van der Waals surface area contributed by atoms with Crippen molar-refractivity contribution in [2.75, 3.05) is 50.8 Å². The van der Waals surface area contributed by atoms with Crippen LogP contribution in [0.3, 0.4) is 0 Å². The molecule has 3 aliphatic rings. The van der Waals surface area contributed by atoms with Crippen molar-refractivity contribution in [3.8, 4) is 5.75 Å². The number of ether oxygens (including phenoxy) is 2. The highest BCUT2D eigenvalue weighted by Crippen LogP contribution is 2.42. The Morgan fingerprint density at radius 3 is 2.60 bits per heavy atom. The Morgan fingerprint density at radius 2 is 1.92 bits per heavy atom. The highest BCUT2D eigenvalue weighted by atomic mass is 19.1. The van der Waals surface area contributed by atoms with Crippen LogP contribution in [0, 0.1) is 17.6 Å². The van der Waals surface area contributed by atoms with Gasteiger partial charge in [0.1, 0.15) is 41.4 Å². The van der Waals surface area contributed by atoms with E-state index in [-0.39, 0.29) is 12.5 Å². The lowest BCUT2D eigenvalue weighted by Gasteiger charge is -2.39. The van der Waals surface area contributed by atoms with E-state index in [4.69, 9.17) is 9.47 Å². The molecule has 0 bridgehead atoms. The minimum Gasteiger partial charge on any atom is -0.493 e. The second kappa shape index (κ2) is 14.3. The molecule has 3 atom stereocenters. The van der Waals surface area contributed by atoms with Gasteiger partial charge in [-0.3, -0.25) is 4.99 Å². The van der Waals surface area contributed by atoms with Gasteiger partial charge in [-0.2, -0.15) is 5.10 Å². The SMILES string of the molecule is C=C/C(=C\C=C(/C)N1C=NCCC1(C)O)N1CCN(c2ccc(OC[C@@H]3CO[C@@](Cn4cncn4)(c4ccc(F)cc4F)C3)cc2)CC1. The molecule has 3 aliphatic heterocycles. The van der Waals surface area contributed by atoms with Crippen molar-refractivity contribution in [1.29, 1.82) is 0 Å². The second-order valence-electron chi connectivity index (χ2n) is 12.8. The molecule has 3 aromatic rings. The summed E-state index contributed by atoms with van der Waals surface area (Å²) in [6.07, 6.45) is 11.7. The van der Waals surface area contributed by atoms with Crippen LogP contribution in [0.15, 0.2) is 96.3 Å². The summed E-state index contributed by atoms with van der Waals surface area (Å²) in [5.41, 5.74) is 1.42. The van der Waals surface area contributed by atoms with Crippen LogP contribution in [0.5, 0.6) is 5.75 Å². The summed E-state index contributed by atoms with van der Waals surface area (Å²) in [6, 6.07) is 11.7. The summed E-state index contributed by atoms with van der Waals surface area (Å²) in [7, 11) is 0. The minimum absolute atomic E-state index is 0.00221. The molecule has 0 saturated carbocycles. The fourth-order valence-corrected chi connectivity index (χ4v) is 6.70. The van der Waals surface area contributed by atoms with Crippen molar-refractivity contribution in [2.24, 2.45) is 10.9 Å². The van der Waals surface area contributed by atoms with Gasteiger partial charge in [0.2, 0.25) is 0 Å². The quantitative estimate of drug-likeness (QED) is 0.285.